The molecule has 7 nitrogen and oxygen atoms in total. The van der Waals surface area contributed by atoms with Gasteiger partial charge in [-0.3, -0.25) is 14.7 Å². The van der Waals surface area contributed by atoms with E-state index in [1.807, 2.05) is 6.07 Å². The molecule has 3 aromatic rings. The van der Waals surface area contributed by atoms with Gasteiger partial charge < -0.3 is 10.2 Å². The van der Waals surface area contributed by atoms with Gasteiger partial charge in [-0.05, 0) is 24.6 Å². The summed E-state index contributed by atoms with van der Waals surface area (Å²) < 4.78 is 0. The molecule has 2 aromatic heterocycles. The van der Waals surface area contributed by atoms with E-state index >= 15 is 0 Å². The molecule has 3 heterocycles. The number of nitrogens with one attached hydrogen (secondary N) is 1. The fourth-order valence-corrected chi connectivity index (χ4v) is 3.88. The Labute approximate surface area is 174 Å². The molecule has 0 aliphatic carbocycles. The quantitative estimate of drug-likeness (QED) is 0.709. The summed E-state index contributed by atoms with van der Waals surface area (Å²) in [5.74, 6) is 0.561. The molecule has 1 N–H and O–H groups in total. The number of benzene rings is 1. The van der Waals surface area contributed by atoms with Crippen LogP contribution < -0.4 is 10.2 Å². The minimum atomic E-state index is -0.130. The minimum absolute atomic E-state index is 0.130. The maximum Gasteiger partial charge on any atom is 0.225 e. The van der Waals surface area contributed by atoms with Gasteiger partial charge in [0.25, 0.3) is 0 Å². The molecule has 1 atom stereocenters. The third-order valence-electron chi connectivity index (χ3n) is 5.30. The van der Waals surface area contributed by atoms with Crippen LogP contribution in [0.2, 0.25) is 5.02 Å². The summed E-state index contributed by atoms with van der Waals surface area (Å²) in [6, 6.07) is 8.41. The van der Waals surface area contributed by atoms with Crippen LogP contribution in [-0.4, -0.2) is 51.9 Å². The molecule has 1 saturated heterocycles. The van der Waals surface area contributed by atoms with Crippen molar-refractivity contribution in [2.75, 3.05) is 36.4 Å². The Morgan fingerprint density at radius 3 is 2.52 bits per heavy atom. The van der Waals surface area contributed by atoms with Crippen molar-refractivity contribution in [3.63, 3.8) is 0 Å². The van der Waals surface area contributed by atoms with Crippen molar-refractivity contribution in [2.24, 2.45) is 0 Å². The summed E-state index contributed by atoms with van der Waals surface area (Å²) in [4.78, 5) is 29.0. The Morgan fingerprint density at radius 1 is 1.10 bits per heavy atom. The lowest BCUT2D eigenvalue weighted by atomic mass is 10.0. The van der Waals surface area contributed by atoms with Crippen molar-refractivity contribution in [2.45, 2.75) is 19.9 Å². The van der Waals surface area contributed by atoms with Gasteiger partial charge in [0.15, 0.2) is 0 Å². The number of halogens is 1. The van der Waals surface area contributed by atoms with Gasteiger partial charge in [-0.15, -0.1) is 0 Å². The summed E-state index contributed by atoms with van der Waals surface area (Å²) in [6.45, 7) is 7.22. The molecule has 150 valence electrons. The number of anilines is 2. The Morgan fingerprint density at radius 2 is 1.83 bits per heavy atom. The molecule has 4 rings (SSSR count). The van der Waals surface area contributed by atoms with Gasteiger partial charge in [-0.2, -0.15) is 0 Å². The van der Waals surface area contributed by atoms with Gasteiger partial charge in [0.2, 0.25) is 11.9 Å². The van der Waals surface area contributed by atoms with E-state index in [4.69, 9.17) is 11.6 Å². The Balaban J connectivity index is 1.40. The Kier molecular flexibility index (Phi) is 5.60. The van der Waals surface area contributed by atoms with Crippen molar-refractivity contribution < 1.29 is 4.79 Å². The van der Waals surface area contributed by atoms with Crippen LogP contribution in [0, 0.1) is 0 Å². The second kappa shape index (κ2) is 8.31. The minimum Gasteiger partial charge on any atom is -0.338 e. The van der Waals surface area contributed by atoms with Gasteiger partial charge in [-0.25, -0.2) is 9.97 Å². The van der Waals surface area contributed by atoms with Crippen molar-refractivity contribution >= 4 is 40.0 Å². The lowest BCUT2D eigenvalue weighted by molar-refractivity contribution is -0.114. The number of nitrogens with zero attached hydrogens (tertiary/aromatic N) is 5. The smallest absolute Gasteiger partial charge is 0.225 e. The van der Waals surface area contributed by atoms with Crippen molar-refractivity contribution in [3.8, 4) is 0 Å². The van der Waals surface area contributed by atoms with E-state index < -0.39 is 0 Å². The zero-order valence-electron chi connectivity index (χ0n) is 16.5. The predicted octanol–water partition coefficient (Wildman–Crippen LogP) is 3.52. The lowest BCUT2D eigenvalue weighted by Gasteiger charge is -2.38. The molecule has 0 saturated carbocycles. The van der Waals surface area contributed by atoms with E-state index in [9.17, 15) is 4.79 Å². The number of rotatable bonds is 4. The van der Waals surface area contributed by atoms with Crippen molar-refractivity contribution in [1.82, 2.24) is 19.9 Å². The van der Waals surface area contributed by atoms with Crippen LogP contribution in [0.1, 0.15) is 25.5 Å². The molecular formula is C21H23ClN6O. The summed E-state index contributed by atoms with van der Waals surface area (Å²) in [7, 11) is 0. The summed E-state index contributed by atoms with van der Waals surface area (Å²) in [5.41, 5.74) is 2.77. The maximum absolute atomic E-state index is 11.1. The van der Waals surface area contributed by atoms with Gasteiger partial charge >= 0.3 is 0 Å². The van der Waals surface area contributed by atoms with E-state index in [0.29, 0.717) is 11.6 Å². The molecular weight excluding hydrogens is 388 g/mol. The van der Waals surface area contributed by atoms with Crippen LogP contribution in [0.5, 0.6) is 0 Å². The molecule has 8 heteroatoms. The fraction of sp³-hybridized carbons (Fsp3) is 0.333. The molecule has 29 heavy (non-hydrogen) atoms. The summed E-state index contributed by atoms with van der Waals surface area (Å²) >= 11 is 6.26. The lowest BCUT2D eigenvalue weighted by Crippen LogP contribution is -2.47. The normalized spacial score (nSPS) is 16.0. The van der Waals surface area contributed by atoms with Gasteiger partial charge in [0, 0.05) is 50.7 Å². The van der Waals surface area contributed by atoms with Crippen molar-refractivity contribution in [3.05, 3.63) is 53.4 Å². The topological polar surface area (TPSA) is 74.2 Å². The van der Waals surface area contributed by atoms with Crippen LogP contribution in [-0.2, 0) is 4.79 Å². The van der Waals surface area contributed by atoms with E-state index in [1.54, 1.807) is 18.6 Å². The predicted molar refractivity (Wildman–Crippen MR) is 115 cm³/mol. The maximum atomic E-state index is 11.1. The second-order valence-electron chi connectivity index (χ2n) is 7.22. The molecule has 1 fully saturated rings. The highest BCUT2D eigenvalue weighted by atomic mass is 35.5. The highest BCUT2D eigenvalue weighted by Crippen LogP contribution is 2.28. The third-order valence-corrected chi connectivity index (χ3v) is 5.63. The van der Waals surface area contributed by atoms with E-state index in [1.165, 1.54) is 12.5 Å². The highest BCUT2D eigenvalue weighted by Gasteiger charge is 2.23. The SMILES string of the molecule is CC(=O)Nc1cnc(N2CCN(C(C)c3ccc4c(Cl)ccnc4c3)CC2)nc1. The molecule has 1 unspecified atom stereocenters. The summed E-state index contributed by atoms with van der Waals surface area (Å²) in [6.07, 6.45) is 5.03. The first kappa shape index (κ1) is 19.5. The van der Waals surface area contributed by atoms with Crippen LogP contribution in [0.25, 0.3) is 10.9 Å². The number of hydrogen-bond donors (Lipinski definition) is 1. The van der Waals surface area contributed by atoms with E-state index in [2.05, 4.69) is 55.2 Å². The molecule has 1 aromatic carbocycles. The molecule has 0 spiro atoms. The van der Waals surface area contributed by atoms with Gasteiger partial charge in [0.05, 0.1) is 28.6 Å². The fourth-order valence-electron chi connectivity index (χ4n) is 3.66. The first-order valence-electron chi connectivity index (χ1n) is 9.64. The first-order chi connectivity index (χ1) is 14.0. The van der Waals surface area contributed by atoms with Crippen LogP contribution >= 0.6 is 11.6 Å². The van der Waals surface area contributed by atoms with Crippen LogP contribution in [0.4, 0.5) is 11.6 Å². The monoisotopic (exact) mass is 410 g/mol. The summed E-state index contributed by atoms with van der Waals surface area (Å²) in [5, 5.41) is 4.40. The number of amides is 1. The zero-order valence-corrected chi connectivity index (χ0v) is 17.2. The Bertz CT molecular complexity index is 1020. The first-order valence-corrected chi connectivity index (χ1v) is 10.0. The molecule has 0 radical (unpaired) electrons. The standard InChI is InChI=1S/C21H23ClN6O/c1-14(16-3-4-18-19(22)5-6-23-20(18)11-16)27-7-9-28(10-8-27)21-24-12-17(13-25-21)26-15(2)29/h3-6,11-14H,7-10H2,1-2H3,(H,26,29). The third kappa shape index (κ3) is 4.31. The average Bonchev–Trinajstić information content (AvgIpc) is 2.73. The van der Waals surface area contributed by atoms with Gasteiger partial charge in [0.1, 0.15) is 0 Å². The number of aromatic nitrogens is 3. The second-order valence-corrected chi connectivity index (χ2v) is 7.63. The van der Waals surface area contributed by atoms with Crippen molar-refractivity contribution in [1.29, 1.82) is 0 Å². The van der Waals surface area contributed by atoms with E-state index in [0.717, 1.165) is 42.1 Å². The average molecular weight is 411 g/mol. The van der Waals surface area contributed by atoms with Crippen LogP contribution in [0.15, 0.2) is 42.9 Å². The number of pyridine rings is 1. The molecule has 1 amide bonds. The Hall–Kier alpha value is -2.77. The number of carbonyl (C=O) groups excluding carboxylic acids is 1. The molecule has 1 aliphatic heterocycles. The van der Waals surface area contributed by atoms with E-state index in [-0.39, 0.29) is 11.9 Å². The number of fused-ring (bicyclic) bond motifs is 1. The van der Waals surface area contributed by atoms with Gasteiger partial charge in [-0.1, -0.05) is 23.7 Å². The highest BCUT2D eigenvalue weighted by molar-refractivity contribution is 6.35. The molecule has 0 bridgehead atoms. The zero-order chi connectivity index (χ0) is 20.4. The largest absolute Gasteiger partial charge is 0.338 e. The number of piperazine rings is 1. The van der Waals surface area contributed by atoms with Crippen LogP contribution in [0.3, 0.4) is 0 Å². The number of hydrogen-bond acceptors (Lipinski definition) is 6. The number of carbonyl (C=O) groups is 1. The molecule has 1 aliphatic rings.